The maximum atomic E-state index is 12.7. The van der Waals surface area contributed by atoms with Crippen molar-refractivity contribution < 1.29 is 28.5 Å². The second-order valence-electron chi connectivity index (χ2n) is 8.46. The van der Waals surface area contributed by atoms with Crippen LogP contribution in [0, 0.1) is 6.92 Å². The van der Waals surface area contributed by atoms with Gasteiger partial charge in [0.15, 0.2) is 29.6 Å². The number of carbonyl (C=O) groups is 2. The smallest absolute Gasteiger partial charge is 0.271 e. The van der Waals surface area contributed by atoms with Crippen LogP contribution < -0.4 is 29.7 Å². The van der Waals surface area contributed by atoms with Crippen LogP contribution in [0.5, 0.6) is 23.0 Å². The highest BCUT2D eigenvalue weighted by atomic mass is 79.9. The lowest BCUT2D eigenvalue weighted by Gasteiger charge is -2.15. The Morgan fingerprint density at radius 1 is 0.976 bits per heavy atom. The van der Waals surface area contributed by atoms with E-state index in [2.05, 4.69) is 38.4 Å². The Morgan fingerprint density at radius 3 is 2.44 bits per heavy atom. The van der Waals surface area contributed by atoms with Crippen molar-refractivity contribution in [1.82, 2.24) is 5.43 Å². The number of aryl methyl sites for hydroxylation is 1. The zero-order valence-corrected chi connectivity index (χ0v) is 25.3. The molecule has 9 nitrogen and oxygen atoms in total. The zero-order chi connectivity index (χ0) is 29.8. The van der Waals surface area contributed by atoms with Gasteiger partial charge in [-0.25, -0.2) is 5.43 Å². The number of hydrogen-bond donors (Lipinski definition) is 2. The number of halogens is 2. The number of rotatable bonds is 14. The second-order valence-corrected chi connectivity index (χ2v) is 9.72. The predicted octanol–water partition coefficient (Wildman–Crippen LogP) is 6.55. The van der Waals surface area contributed by atoms with Gasteiger partial charge in [-0.1, -0.05) is 30.3 Å². The van der Waals surface area contributed by atoms with E-state index in [-0.39, 0.29) is 12.5 Å². The van der Waals surface area contributed by atoms with E-state index in [9.17, 15) is 9.59 Å². The number of carbonyl (C=O) groups excluding carboxylic acids is 2. The standard InChI is InChI=1S/C30H31BrClN3O6/c1-5-12-40-25-11-9-21(15-26(25)38-6-2)30(37)35-33-17-20-13-23(31)29(27(14-20)39-7-3)41-18-28(36)34-22-10-8-19(4)24(32)16-22/h5,8-11,13-17H,1,6-7,12,18H2,2-4H3,(H,34,36)(H,35,37)/b33-17+. The van der Waals surface area contributed by atoms with Gasteiger partial charge in [0.05, 0.1) is 23.9 Å². The number of benzene rings is 3. The van der Waals surface area contributed by atoms with Crippen molar-refractivity contribution in [1.29, 1.82) is 0 Å². The predicted molar refractivity (Wildman–Crippen MR) is 164 cm³/mol. The number of nitrogens with zero attached hydrogens (tertiary/aromatic N) is 1. The molecule has 0 saturated heterocycles. The minimum atomic E-state index is -0.428. The minimum Gasteiger partial charge on any atom is -0.490 e. The average molecular weight is 645 g/mol. The van der Waals surface area contributed by atoms with Crippen LogP contribution in [-0.2, 0) is 4.79 Å². The van der Waals surface area contributed by atoms with E-state index < -0.39 is 5.91 Å². The van der Waals surface area contributed by atoms with E-state index >= 15 is 0 Å². The van der Waals surface area contributed by atoms with Gasteiger partial charge in [-0.15, -0.1) is 0 Å². The molecule has 216 valence electrons. The van der Waals surface area contributed by atoms with Crippen molar-refractivity contribution in [3.05, 3.63) is 87.4 Å². The fourth-order valence-electron chi connectivity index (χ4n) is 3.49. The molecule has 41 heavy (non-hydrogen) atoms. The highest BCUT2D eigenvalue weighted by Crippen LogP contribution is 2.36. The second kappa shape index (κ2) is 15.7. The number of amides is 2. The molecule has 0 heterocycles. The van der Waals surface area contributed by atoms with Crippen molar-refractivity contribution >= 4 is 51.2 Å². The average Bonchev–Trinajstić information content (AvgIpc) is 2.94. The molecule has 0 aromatic heterocycles. The quantitative estimate of drug-likeness (QED) is 0.117. The normalized spacial score (nSPS) is 10.7. The van der Waals surface area contributed by atoms with Gasteiger partial charge in [0.2, 0.25) is 0 Å². The Morgan fingerprint density at radius 2 is 1.73 bits per heavy atom. The third-order valence-electron chi connectivity index (χ3n) is 5.38. The molecule has 2 amide bonds. The van der Waals surface area contributed by atoms with E-state index in [1.54, 1.807) is 48.5 Å². The topological polar surface area (TPSA) is 107 Å². The molecule has 0 saturated carbocycles. The third kappa shape index (κ3) is 9.26. The van der Waals surface area contributed by atoms with Crippen LogP contribution >= 0.6 is 27.5 Å². The number of hydrazone groups is 1. The molecule has 0 unspecified atom stereocenters. The van der Waals surface area contributed by atoms with Crippen LogP contribution in [0.25, 0.3) is 0 Å². The Labute approximate surface area is 252 Å². The molecule has 0 bridgehead atoms. The molecule has 0 aliphatic rings. The largest absolute Gasteiger partial charge is 0.490 e. The minimum absolute atomic E-state index is 0.255. The first-order chi connectivity index (χ1) is 19.7. The SMILES string of the molecule is C=CCOc1ccc(C(=O)N/N=C/c2cc(Br)c(OCC(=O)Nc3ccc(C)c(Cl)c3)c(OCC)c2)cc1OCC. The summed E-state index contributed by atoms with van der Waals surface area (Å²) < 4.78 is 23.2. The Balaban J connectivity index is 1.67. The summed E-state index contributed by atoms with van der Waals surface area (Å²) >= 11 is 9.61. The van der Waals surface area contributed by atoms with Crippen LogP contribution in [0.1, 0.15) is 35.3 Å². The molecule has 3 aromatic carbocycles. The fraction of sp³-hybridized carbons (Fsp3) is 0.233. The zero-order valence-electron chi connectivity index (χ0n) is 23.0. The van der Waals surface area contributed by atoms with Gasteiger partial charge in [0.1, 0.15) is 6.61 Å². The fourth-order valence-corrected chi connectivity index (χ4v) is 4.24. The van der Waals surface area contributed by atoms with Crippen molar-refractivity contribution in [2.45, 2.75) is 20.8 Å². The van der Waals surface area contributed by atoms with E-state index in [0.717, 1.165) is 5.56 Å². The van der Waals surface area contributed by atoms with Gasteiger partial charge in [-0.05, 0) is 90.3 Å². The van der Waals surface area contributed by atoms with Crippen LogP contribution in [0.4, 0.5) is 5.69 Å². The molecule has 0 aliphatic heterocycles. The van der Waals surface area contributed by atoms with Gasteiger partial charge in [-0.3, -0.25) is 9.59 Å². The molecular formula is C30H31BrClN3O6. The van der Waals surface area contributed by atoms with Crippen molar-refractivity contribution in [2.75, 3.05) is 31.7 Å². The first kappa shape index (κ1) is 31.5. The molecule has 3 aromatic rings. The van der Waals surface area contributed by atoms with Crippen molar-refractivity contribution in [3.63, 3.8) is 0 Å². The number of ether oxygens (including phenoxy) is 4. The summed E-state index contributed by atoms with van der Waals surface area (Å²) in [7, 11) is 0. The summed E-state index contributed by atoms with van der Waals surface area (Å²) in [5.74, 6) is 0.926. The summed E-state index contributed by atoms with van der Waals surface area (Å²) in [5.41, 5.74) is 4.95. The van der Waals surface area contributed by atoms with E-state index in [0.29, 0.717) is 69.1 Å². The first-order valence-electron chi connectivity index (χ1n) is 12.7. The van der Waals surface area contributed by atoms with Gasteiger partial charge in [0, 0.05) is 16.3 Å². The third-order valence-corrected chi connectivity index (χ3v) is 6.37. The number of nitrogens with one attached hydrogen (secondary N) is 2. The molecule has 11 heteroatoms. The molecular weight excluding hydrogens is 614 g/mol. The number of anilines is 1. The Kier molecular flexibility index (Phi) is 12.1. The van der Waals surface area contributed by atoms with Gasteiger partial charge < -0.3 is 24.3 Å². The molecule has 0 fully saturated rings. The molecule has 0 atom stereocenters. The summed E-state index contributed by atoms with van der Waals surface area (Å²) in [6.45, 7) is 10.0. The number of hydrogen-bond acceptors (Lipinski definition) is 7. The maximum Gasteiger partial charge on any atom is 0.271 e. The summed E-state index contributed by atoms with van der Waals surface area (Å²) in [6.07, 6.45) is 3.09. The Hall–Kier alpha value is -4.02. The lowest BCUT2D eigenvalue weighted by molar-refractivity contribution is -0.118. The van der Waals surface area contributed by atoms with E-state index in [1.807, 2.05) is 26.8 Å². The summed E-state index contributed by atoms with van der Waals surface area (Å²) in [6, 6.07) is 13.5. The lowest BCUT2D eigenvalue weighted by atomic mass is 10.2. The van der Waals surface area contributed by atoms with Crippen LogP contribution in [0.2, 0.25) is 5.02 Å². The molecule has 0 aliphatic carbocycles. The Bertz CT molecular complexity index is 1430. The summed E-state index contributed by atoms with van der Waals surface area (Å²) in [4.78, 5) is 25.1. The molecule has 2 N–H and O–H groups in total. The highest BCUT2D eigenvalue weighted by Gasteiger charge is 2.15. The highest BCUT2D eigenvalue weighted by molar-refractivity contribution is 9.10. The maximum absolute atomic E-state index is 12.7. The molecule has 3 rings (SSSR count). The van der Waals surface area contributed by atoms with Crippen LogP contribution in [0.3, 0.4) is 0 Å². The van der Waals surface area contributed by atoms with Gasteiger partial charge in [0.25, 0.3) is 11.8 Å². The van der Waals surface area contributed by atoms with Crippen molar-refractivity contribution in [3.8, 4) is 23.0 Å². The van der Waals surface area contributed by atoms with E-state index in [1.165, 1.54) is 6.21 Å². The van der Waals surface area contributed by atoms with Crippen molar-refractivity contribution in [2.24, 2.45) is 5.10 Å². The van der Waals surface area contributed by atoms with Crippen LogP contribution in [0.15, 0.2) is 70.8 Å². The van der Waals surface area contributed by atoms with Crippen LogP contribution in [-0.4, -0.2) is 44.5 Å². The van der Waals surface area contributed by atoms with Gasteiger partial charge in [-0.2, -0.15) is 5.10 Å². The molecule has 0 spiro atoms. The monoisotopic (exact) mass is 643 g/mol. The molecule has 0 radical (unpaired) electrons. The first-order valence-corrected chi connectivity index (χ1v) is 13.9. The van der Waals surface area contributed by atoms with Gasteiger partial charge >= 0.3 is 0 Å². The lowest BCUT2D eigenvalue weighted by Crippen LogP contribution is -2.20. The summed E-state index contributed by atoms with van der Waals surface area (Å²) in [5, 5.41) is 7.38. The van der Waals surface area contributed by atoms with E-state index in [4.69, 9.17) is 30.5 Å².